The van der Waals surface area contributed by atoms with Crippen LogP contribution in [0.1, 0.15) is 41.0 Å². The van der Waals surface area contributed by atoms with Gasteiger partial charge in [0.15, 0.2) is 0 Å². The molecule has 0 aliphatic rings. The smallest absolute Gasteiger partial charge is 0.235 e. The highest BCUT2D eigenvalue weighted by atomic mass is 16.1. The molecule has 0 fully saturated rings. The average Bonchev–Trinajstić information content (AvgIpc) is 1.94. The first-order valence-electron chi connectivity index (χ1n) is 5.28. The van der Waals surface area contributed by atoms with Gasteiger partial charge in [-0.25, -0.2) is 0 Å². The van der Waals surface area contributed by atoms with Crippen molar-refractivity contribution < 1.29 is 4.79 Å². The largest absolute Gasteiger partial charge is 0.368 e. The molecule has 0 spiro atoms. The van der Waals surface area contributed by atoms with Crippen molar-refractivity contribution in [3.8, 4) is 0 Å². The minimum atomic E-state index is -0.263. The summed E-state index contributed by atoms with van der Waals surface area (Å²) in [6, 6.07) is -0.235. The van der Waals surface area contributed by atoms with Crippen molar-refractivity contribution in [3.63, 3.8) is 0 Å². The highest BCUT2D eigenvalue weighted by Crippen LogP contribution is 2.18. The summed E-state index contributed by atoms with van der Waals surface area (Å²) in [7, 11) is 0. The van der Waals surface area contributed by atoms with Gasteiger partial charge in [-0.05, 0) is 24.3 Å². The Morgan fingerprint density at radius 1 is 1.36 bits per heavy atom. The Balaban J connectivity index is 4.07. The summed E-state index contributed by atoms with van der Waals surface area (Å²) in [6.07, 6.45) is 1.07. The minimum absolute atomic E-state index is 0.108. The molecular weight excluding hydrogens is 176 g/mol. The van der Waals surface area contributed by atoms with Gasteiger partial charge in [0.25, 0.3) is 0 Å². The van der Waals surface area contributed by atoms with Gasteiger partial charge in [0.1, 0.15) is 0 Å². The van der Waals surface area contributed by atoms with E-state index in [0.717, 1.165) is 13.0 Å². The van der Waals surface area contributed by atoms with E-state index in [4.69, 9.17) is 5.73 Å². The number of carbonyl (C=O) groups is 1. The summed E-state index contributed by atoms with van der Waals surface area (Å²) >= 11 is 0. The molecule has 0 heterocycles. The molecule has 0 aliphatic carbocycles. The Labute approximate surface area is 87.4 Å². The fraction of sp³-hybridized carbons (Fsp3) is 0.909. The maximum atomic E-state index is 11.2. The second kappa shape index (κ2) is 5.35. The molecule has 0 saturated heterocycles. The van der Waals surface area contributed by atoms with Crippen LogP contribution in [0.4, 0.5) is 0 Å². The van der Waals surface area contributed by atoms with Crippen molar-refractivity contribution in [2.75, 3.05) is 6.54 Å². The molecule has 3 nitrogen and oxygen atoms in total. The molecule has 1 unspecified atom stereocenters. The van der Waals surface area contributed by atoms with Crippen LogP contribution in [0.2, 0.25) is 0 Å². The number of rotatable bonds is 5. The van der Waals surface area contributed by atoms with E-state index in [1.165, 1.54) is 0 Å². The van der Waals surface area contributed by atoms with E-state index >= 15 is 0 Å². The Hall–Kier alpha value is -0.570. The Bertz CT molecular complexity index is 182. The Morgan fingerprint density at radius 3 is 2.14 bits per heavy atom. The van der Waals surface area contributed by atoms with Crippen molar-refractivity contribution in [1.82, 2.24) is 5.32 Å². The molecular formula is C11H24N2O. The zero-order valence-corrected chi connectivity index (χ0v) is 10.1. The van der Waals surface area contributed by atoms with Gasteiger partial charge in [0.05, 0.1) is 6.04 Å². The fourth-order valence-electron chi connectivity index (χ4n) is 1.35. The zero-order valence-electron chi connectivity index (χ0n) is 10.1. The normalized spacial score (nSPS) is 14.4. The second-order valence-electron chi connectivity index (χ2n) is 5.34. The fourth-order valence-corrected chi connectivity index (χ4v) is 1.35. The molecule has 0 rings (SSSR count). The maximum absolute atomic E-state index is 11.2. The minimum Gasteiger partial charge on any atom is -0.368 e. The topological polar surface area (TPSA) is 55.1 Å². The van der Waals surface area contributed by atoms with Crippen LogP contribution in [0.3, 0.4) is 0 Å². The number of hydrogen-bond acceptors (Lipinski definition) is 2. The highest BCUT2D eigenvalue weighted by molar-refractivity contribution is 5.80. The molecule has 0 radical (unpaired) electrons. The van der Waals surface area contributed by atoms with Gasteiger partial charge in [0, 0.05) is 0 Å². The predicted molar refractivity (Wildman–Crippen MR) is 59.9 cm³/mol. The lowest BCUT2D eigenvalue weighted by Gasteiger charge is -2.29. The molecule has 84 valence electrons. The summed E-state index contributed by atoms with van der Waals surface area (Å²) in [5.74, 6) is 0.386. The first kappa shape index (κ1) is 13.4. The molecule has 0 aromatic carbocycles. The van der Waals surface area contributed by atoms with Crippen LogP contribution in [0.15, 0.2) is 0 Å². The monoisotopic (exact) mass is 200 g/mol. The second-order valence-corrected chi connectivity index (χ2v) is 5.34. The van der Waals surface area contributed by atoms with Crippen molar-refractivity contribution in [2.45, 2.75) is 47.1 Å². The van der Waals surface area contributed by atoms with Crippen molar-refractivity contribution in [3.05, 3.63) is 0 Å². The van der Waals surface area contributed by atoms with E-state index in [1.54, 1.807) is 0 Å². The molecule has 0 aliphatic heterocycles. The molecule has 1 atom stereocenters. The third-order valence-electron chi connectivity index (χ3n) is 2.22. The molecule has 3 N–H and O–H groups in total. The lowest BCUT2D eigenvalue weighted by atomic mass is 9.86. The van der Waals surface area contributed by atoms with E-state index in [1.807, 2.05) is 20.8 Å². The summed E-state index contributed by atoms with van der Waals surface area (Å²) in [4.78, 5) is 11.2. The molecule has 14 heavy (non-hydrogen) atoms. The van der Waals surface area contributed by atoms with Gasteiger partial charge in [-0.2, -0.15) is 0 Å². The summed E-state index contributed by atoms with van der Waals surface area (Å²) in [5, 5.41) is 3.22. The quantitative estimate of drug-likeness (QED) is 0.707. The van der Waals surface area contributed by atoms with E-state index in [0.29, 0.717) is 5.92 Å². The van der Waals surface area contributed by atoms with Gasteiger partial charge in [-0.3, -0.25) is 4.79 Å². The van der Waals surface area contributed by atoms with Crippen LogP contribution in [0.5, 0.6) is 0 Å². The van der Waals surface area contributed by atoms with Crippen molar-refractivity contribution in [2.24, 2.45) is 17.1 Å². The molecule has 1 amide bonds. The molecule has 0 aromatic rings. The van der Waals surface area contributed by atoms with Crippen LogP contribution >= 0.6 is 0 Å². The number of hydrogen-bond donors (Lipinski definition) is 2. The van der Waals surface area contributed by atoms with Crippen LogP contribution < -0.4 is 11.1 Å². The Morgan fingerprint density at radius 2 is 1.86 bits per heavy atom. The van der Waals surface area contributed by atoms with E-state index in [-0.39, 0.29) is 17.4 Å². The number of nitrogens with one attached hydrogen (secondary N) is 1. The predicted octanol–water partition coefficient (Wildman–Crippen LogP) is 1.52. The van der Waals surface area contributed by atoms with Crippen molar-refractivity contribution >= 4 is 5.91 Å². The van der Waals surface area contributed by atoms with E-state index in [2.05, 4.69) is 19.2 Å². The number of carbonyl (C=O) groups excluding carboxylic acids is 1. The SMILES string of the molecule is CC(C)CCNC(C(N)=O)C(C)(C)C. The summed E-state index contributed by atoms with van der Waals surface area (Å²) in [5.41, 5.74) is 5.23. The molecule has 0 aromatic heterocycles. The molecule has 0 saturated carbocycles. The van der Waals surface area contributed by atoms with Crippen LogP contribution in [-0.2, 0) is 4.79 Å². The zero-order chi connectivity index (χ0) is 11.4. The number of primary amides is 1. The Kier molecular flexibility index (Phi) is 5.13. The third-order valence-corrected chi connectivity index (χ3v) is 2.22. The van der Waals surface area contributed by atoms with Gasteiger partial charge in [-0.1, -0.05) is 34.6 Å². The van der Waals surface area contributed by atoms with Gasteiger partial charge in [0.2, 0.25) is 5.91 Å². The van der Waals surface area contributed by atoms with Crippen LogP contribution in [0.25, 0.3) is 0 Å². The lowest BCUT2D eigenvalue weighted by molar-refractivity contribution is -0.122. The standard InChI is InChI=1S/C11H24N2O/c1-8(2)6-7-13-9(10(12)14)11(3,4)5/h8-9,13H,6-7H2,1-5H3,(H2,12,14). The van der Waals surface area contributed by atoms with E-state index in [9.17, 15) is 4.79 Å². The molecule has 0 bridgehead atoms. The molecule has 3 heteroatoms. The van der Waals surface area contributed by atoms with Crippen LogP contribution in [-0.4, -0.2) is 18.5 Å². The van der Waals surface area contributed by atoms with Gasteiger partial charge in [-0.15, -0.1) is 0 Å². The maximum Gasteiger partial charge on any atom is 0.235 e. The van der Waals surface area contributed by atoms with Gasteiger partial charge >= 0.3 is 0 Å². The number of nitrogens with two attached hydrogens (primary N) is 1. The first-order chi connectivity index (χ1) is 6.25. The first-order valence-corrected chi connectivity index (χ1v) is 5.28. The lowest BCUT2D eigenvalue weighted by Crippen LogP contribution is -2.50. The summed E-state index contributed by atoms with van der Waals surface area (Å²) < 4.78 is 0. The third kappa shape index (κ3) is 5.22. The average molecular weight is 200 g/mol. The highest BCUT2D eigenvalue weighted by Gasteiger charge is 2.28. The van der Waals surface area contributed by atoms with E-state index < -0.39 is 0 Å². The van der Waals surface area contributed by atoms with Crippen LogP contribution in [0, 0.1) is 11.3 Å². The summed E-state index contributed by atoms with van der Waals surface area (Å²) in [6.45, 7) is 11.2. The number of amides is 1. The van der Waals surface area contributed by atoms with Gasteiger partial charge < -0.3 is 11.1 Å². The van der Waals surface area contributed by atoms with Crippen molar-refractivity contribution in [1.29, 1.82) is 0 Å².